The van der Waals surface area contributed by atoms with E-state index in [-0.39, 0.29) is 17.9 Å². The van der Waals surface area contributed by atoms with E-state index < -0.39 is 5.41 Å². The Balaban J connectivity index is 1.75. The zero-order valence-corrected chi connectivity index (χ0v) is 16.6. The van der Waals surface area contributed by atoms with E-state index in [1.54, 1.807) is 10.9 Å². The summed E-state index contributed by atoms with van der Waals surface area (Å²) in [6, 6.07) is 7.48. The van der Waals surface area contributed by atoms with Gasteiger partial charge >= 0.3 is 0 Å². The molecule has 1 saturated heterocycles. The fraction of sp³-hybridized carbons (Fsp3) is 0.409. The number of likely N-dealkylation sites (tertiary alicyclic amines) is 1. The van der Waals surface area contributed by atoms with Gasteiger partial charge in [0.05, 0.1) is 12.2 Å². The number of nitrogens with one attached hydrogen (secondary N) is 1. The maximum atomic E-state index is 13.2. The van der Waals surface area contributed by atoms with Crippen molar-refractivity contribution in [2.75, 3.05) is 11.9 Å². The Labute approximate surface area is 165 Å². The highest BCUT2D eigenvalue weighted by Crippen LogP contribution is 2.54. The average Bonchev–Trinajstić information content (AvgIpc) is 3.32. The van der Waals surface area contributed by atoms with Gasteiger partial charge < -0.3 is 10.2 Å². The standard InChI is InChI=1S/C22H26N4O2/c1-15(2)7-6-10-19(27)26-12-11-22(20(26)16-13-23-25(3)14-16)17-8-4-5-9-18(17)24-21(22)28/h4-5,7-9,13-14,20H,6,10-12H2,1-3H3,(H,24,28). The Morgan fingerprint density at radius 3 is 2.86 bits per heavy atom. The highest BCUT2D eigenvalue weighted by atomic mass is 16.2. The van der Waals surface area contributed by atoms with Crippen LogP contribution < -0.4 is 5.32 Å². The van der Waals surface area contributed by atoms with E-state index in [9.17, 15) is 9.59 Å². The van der Waals surface area contributed by atoms with Gasteiger partial charge in [-0.3, -0.25) is 14.3 Å². The second-order valence-corrected chi connectivity index (χ2v) is 7.98. The van der Waals surface area contributed by atoms with Crippen LogP contribution in [0.4, 0.5) is 5.69 Å². The zero-order chi connectivity index (χ0) is 19.9. The molecule has 2 aromatic rings. The van der Waals surface area contributed by atoms with Crippen LogP contribution >= 0.6 is 0 Å². The third-order valence-electron chi connectivity index (χ3n) is 5.86. The van der Waals surface area contributed by atoms with Crippen molar-refractivity contribution in [3.63, 3.8) is 0 Å². The summed E-state index contributed by atoms with van der Waals surface area (Å²) in [5.74, 6) is 0.0579. The predicted octanol–water partition coefficient (Wildman–Crippen LogP) is 3.33. The number of hydrogen-bond acceptors (Lipinski definition) is 3. The fourth-order valence-electron chi connectivity index (χ4n) is 4.63. The first kappa shape index (κ1) is 18.5. The minimum Gasteiger partial charge on any atom is -0.334 e. The topological polar surface area (TPSA) is 67.2 Å². The number of nitrogens with zero attached hydrogens (tertiary/aromatic N) is 3. The van der Waals surface area contributed by atoms with Crippen molar-refractivity contribution in [3.05, 3.63) is 59.4 Å². The number of fused-ring (bicyclic) bond motifs is 2. The van der Waals surface area contributed by atoms with Crippen LogP contribution in [0, 0.1) is 0 Å². The number of benzene rings is 1. The summed E-state index contributed by atoms with van der Waals surface area (Å²) in [6.07, 6.45) is 7.56. The van der Waals surface area contributed by atoms with Gasteiger partial charge in [-0.25, -0.2) is 0 Å². The molecule has 6 nitrogen and oxygen atoms in total. The summed E-state index contributed by atoms with van der Waals surface area (Å²) in [5.41, 5.74) is 3.18. The van der Waals surface area contributed by atoms with E-state index in [0.717, 1.165) is 16.8 Å². The molecule has 3 heterocycles. The lowest BCUT2D eigenvalue weighted by molar-refractivity contribution is -0.133. The number of carbonyl (C=O) groups is 2. The molecule has 4 rings (SSSR count). The van der Waals surface area contributed by atoms with Gasteiger partial charge in [-0.05, 0) is 38.3 Å². The SMILES string of the molecule is CC(C)=CCCC(=O)N1CCC2(C(=O)Nc3ccccc32)C1c1cnn(C)c1. The van der Waals surface area contributed by atoms with E-state index in [4.69, 9.17) is 0 Å². The van der Waals surface area contributed by atoms with E-state index in [1.807, 2.05) is 56.3 Å². The largest absolute Gasteiger partial charge is 0.334 e. The molecule has 1 N–H and O–H groups in total. The van der Waals surface area contributed by atoms with Crippen LogP contribution in [0.1, 0.15) is 50.3 Å². The molecule has 2 aliphatic rings. The van der Waals surface area contributed by atoms with Gasteiger partial charge in [-0.1, -0.05) is 29.8 Å². The van der Waals surface area contributed by atoms with Crippen LogP contribution in [0.5, 0.6) is 0 Å². The first-order valence-electron chi connectivity index (χ1n) is 9.76. The highest BCUT2D eigenvalue weighted by molar-refractivity contribution is 6.07. The molecule has 1 spiro atoms. The number of anilines is 1. The van der Waals surface area contributed by atoms with Crippen LogP contribution in [-0.4, -0.2) is 33.0 Å². The quantitative estimate of drug-likeness (QED) is 0.830. The van der Waals surface area contributed by atoms with Crippen molar-refractivity contribution in [2.24, 2.45) is 7.05 Å². The monoisotopic (exact) mass is 378 g/mol. The summed E-state index contributed by atoms with van der Waals surface area (Å²) in [7, 11) is 1.86. The van der Waals surface area contributed by atoms with Gasteiger partial charge in [-0.2, -0.15) is 5.10 Å². The number of carbonyl (C=O) groups excluding carboxylic acids is 2. The molecule has 1 aromatic heterocycles. The van der Waals surface area contributed by atoms with Crippen molar-refractivity contribution >= 4 is 17.5 Å². The van der Waals surface area contributed by atoms with Gasteiger partial charge in [0.2, 0.25) is 11.8 Å². The number of para-hydroxylation sites is 1. The summed E-state index contributed by atoms with van der Waals surface area (Å²) in [5, 5.41) is 7.35. The van der Waals surface area contributed by atoms with Gasteiger partial charge in [0.25, 0.3) is 0 Å². The summed E-state index contributed by atoms with van der Waals surface area (Å²) in [4.78, 5) is 28.2. The number of rotatable bonds is 4. The molecule has 0 aliphatic carbocycles. The van der Waals surface area contributed by atoms with Gasteiger partial charge in [-0.15, -0.1) is 0 Å². The predicted molar refractivity (Wildman–Crippen MR) is 108 cm³/mol. The normalized spacial score (nSPS) is 23.0. The lowest BCUT2D eigenvalue weighted by atomic mass is 9.73. The minimum absolute atomic E-state index is 0.0258. The molecule has 2 unspecified atom stereocenters. The molecule has 0 radical (unpaired) electrons. The van der Waals surface area contributed by atoms with Crippen molar-refractivity contribution in [1.82, 2.24) is 14.7 Å². The molecule has 28 heavy (non-hydrogen) atoms. The Morgan fingerprint density at radius 2 is 2.14 bits per heavy atom. The molecule has 0 saturated carbocycles. The molecule has 6 heteroatoms. The van der Waals surface area contributed by atoms with E-state index in [1.165, 1.54) is 5.57 Å². The first-order valence-corrected chi connectivity index (χ1v) is 9.76. The van der Waals surface area contributed by atoms with Gasteiger partial charge in [0, 0.05) is 37.5 Å². The van der Waals surface area contributed by atoms with Crippen molar-refractivity contribution in [1.29, 1.82) is 0 Å². The molecule has 2 amide bonds. The van der Waals surface area contributed by atoms with E-state index in [0.29, 0.717) is 25.8 Å². The second-order valence-electron chi connectivity index (χ2n) is 7.98. The lowest BCUT2D eigenvalue weighted by Gasteiger charge is -2.33. The summed E-state index contributed by atoms with van der Waals surface area (Å²) in [6.45, 7) is 4.64. The number of amides is 2. The highest BCUT2D eigenvalue weighted by Gasteiger charge is 2.59. The van der Waals surface area contributed by atoms with Crippen molar-refractivity contribution in [2.45, 2.75) is 44.6 Å². The number of aryl methyl sites for hydroxylation is 1. The molecule has 0 bridgehead atoms. The fourth-order valence-corrected chi connectivity index (χ4v) is 4.63. The molecule has 1 aromatic carbocycles. The van der Waals surface area contributed by atoms with Gasteiger partial charge in [0.15, 0.2) is 0 Å². The smallest absolute Gasteiger partial charge is 0.237 e. The van der Waals surface area contributed by atoms with E-state index in [2.05, 4.69) is 16.5 Å². The molecule has 2 atom stereocenters. The average molecular weight is 378 g/mol. The molecule has 1 fully saturated rings. The Kier molecular flexibility index (Phi) is 4.57. The zero-order valence-electron chi connectivity index (χ0n) is 16.6. The number of hydrogen-bond donors (Lipinski definition) is 1. The maximum absolute atomic E-state index is 13.2. The minimum atomic E-state index is -0.758. The van der Waals surface area contributed by atoms with Crippen LogP contribution in [0.2, 0.25) is 0 Å². The molecular weight excluding hydrogens is 352 g/mol. The van der Waals surface area contributed by atoms with Crippen LogP contribution in [0.15, 0.2) is 48.3 Å². The second kappa shape index (κ2) is 6.93. The molecule has 146 valence electrons. The Bertz CT molecular complexity index is 957. The lowest BCUT2D eigenvalue weighted by Crippen LogP contribution is -2.42. The van der Waals surface area contributed by atoms with Crippen LogP contribution in [-0.2, 0) is 22.1 Å². The Morgan fingerprint density at radius 1 is 1.36 bits per heavy atom. The summed E-state index contributed by atoms with van der Waals surface area (Å²) >= 11 is 0. The van der Waals surface area contributed by atoms with Crippen molar-refractivity contribution < 1.29 is 9.59 Å². The first-order chi connectivity index (χ1) is 13.4. The Hall–Kier alpha value is -2.89. The van der Waals surface area contributed by atoms with E-state index >= 15 is 0 Å². The third-order valence-corrected chi connectivity index (χ3v) is 5.86. The molecular formula is C22H26N4O2. The number of allylic oxidation sites excluding steroid dienone is 2. The molecule has 2 aliphatic heterocycles. The van der Waals surface area contributed by atoms with Crippen molar-refractivity contribution in [3.8, 4) is 0 Å². The maximum Gasteiger partial charge on any atom is 0.237 e. The number of aromatic nitrogens is 2. The van der Waals surface area contributed by atoms with Crippen LogP contribution in [0.25, 0.3) is 0 Å². The third kappa shape index (κ3) is 2.84. The van der Waals surface area contributed by atoms with Crippen LogP contribution in [0.3, 0.4) is 0 Å². The summed E-state index contributed by atoms with van der Waals surface area (Å²) < 4.78 is 1.73. The van der Waals surface area contributed by atoms with Gasteiger partial charge in [0.1, 0.15) is 5.41 Å².